The summed E-state index contributed by atoms with van der Waals surface area (Å²) < 4.78 is 0. The number of hydrogen-bond acceptors (Lipinski definition) is 6. The predicted octanol–water partition coefficient (Wildman–Crippen LogP) is 6.47. The van der Waals surface area contributed by atoms with Gasteiger partial charge in [0.15, 0.2) is 5.13 Å². The first-order valence-corrected chi connectivity index (χ1v) is 12.0. The van der Waals surface area contributed by atoms with Crippen LogP contribution in [0.4, 0.5) is 5.13 Å². The number of carbonyl (C=O) groups excluding carboxylic acids is 1. The summed E-state index contributed by atoms with van der Waals surface area (Å²) in [5.41, 5.74) is 3.22. The molecule has 0 spiro atoms. The average Bonchev–Trinajstić information content (AvgIpc) is 3.27. The van der Waals surface area contributed by atoms with Crippen molar-refractivity contribution in [1.29, 1.82) is 5.26 Å². The zero-order chi connectivity index (χ0) is 22.7. The Bertz CT molecular complexity index is 1320. The Kier molecular flexibility index (Phi) is 6.54. The molecule has 0 aliphatic heterocycles. The SMILES string of the molecule is CC(Sc1nc(C(C)C)ccc1C#N)C(=O)Nc1nc(-c2ccc3ccccc3c2)cs1. The fourth-order valence-electron chi connectivity index (χ4n) is 3.19. The van der Waals surface area contributed by atoms with E-state index in [1.807, 2.05) is 36.6 Å². The second-order valence-electron chi connectivity index (χ2n) is 7.70. The van der Waals surface area contributed by atoms with Gasteiger partial charge in [0.05, 0.1) is 16.5 Å². The molecular weight excluding hydrogens is 436 g/mol. The van der Waals surface area contributed by atoms with Gasteiger partial charge >= 0.3 is 0 Å². The van der Waals surface area contributed by atoms with Crippen molar-refractivity contribution in [2.24, 2.45) is 0 Å². The number of carbonyl (C=O) groups is 1. The summed E-state index contributed by atoms with van der Waals surface area (Å²) in [4.78, 5) is 22.0. The standard InChI is InChI=1S/C25H22N4OS2/c1-15(2)21-11-10-20(13-26)24(27-21)32-16(3)23(30)29-25-28-22(14-31-25)19-9-8-17-6-4-5-7-18(17)12-19/h4-12,14-16H,1-3H3,(H,28,29,30). The summed E-state index contributed by atoms with van der Waals surface area (Å²) in [5, 5.41) is 17.3. The van der Waals surface area contributed by atoms with Crippen LogP contribution in [0.15, 0.2) is 65.0 Å². The quantitative estimate of drug-likeness (QED) is 0.335. The van der Waals surface area contributed by atoms with Crippen molar-refractivity contribution < 1.29 is 4.79 Å². The van der Waals surface area contributed by atoms with E-state index in [-0.39, 0.29) is 11.8 Å². The van der Waals surface area contributed by atoms with E-state index in [1.165, 1.54) is 28.5 Å². The Morgan fingerprint density at radius 1 is 1.06 bits per heavy atom. The summed E-state index contributed by atoms with van der Waals surface area (Å²) in [6.45, 7) is 5.91. The molecule has 0 saturated heterocycles. The summed E-state index contributed by atoms with van der Waals surface area (Å²) in [7, 11) is 0. The molecule has 4 rings (SSSR count). The number of nitriles is 1. The molecule has 160 valence electrons. The molecule has 0 aliphatic rings. The van der Waals surface area contributed by atoms with E-state index in [1.54, 1.807) is 6.07 Å². The van der Waals surface area contributed by atoms with Gasteiger partial charge in [0.25, 0.3) is 0 Å². The van der Waals surface area contributed by atoms with Crippen LogP contribution in [0.1, 0.15) is 37.9 Å². The van der Waals surface area contributed by atoms with E-state index in [2.05, 4.69) is 59.5 Å². The van der Waals surface area contributed by atoms with Gasteiger partial charge in [-0.3, -0.25) is 4.79 Å². The van der Waals surface area contributed by atoms with Gasteiger partial charge < -0.3 is 5.32 Å². The highest BCUT2D eigenvalue weighted by atomic mass is 32.2. The Balaban J connectivity index is 1.47. The van der Waals surface area contributed by atoms with Crippen LogP contribution in [-0.4, -0.2) is 21.1 Å². The second kappa shape index (κ2) is 9.51. The van der Waals surface area contributed by atoms with Crippen LogP contribution in [0.5, 0.6) is 0 Å². The zero-order valence-corrected chi connectivity index (χ0v) is 19.6. The molecule has 0 aliphatic carbocycles. The minimum absolute atomic E-state index is 0.171. The first-order valence-electron chi connectivity index (χ1n) is 10.3. The van der Waals surface area contributed by atoms with Crippen LogP contribution in [0, 0.1) is 11.3 Å². The third-order valence-electron chi connectivity index (χ3n) is 5.03. The number of pyridine rings is 1. The van der Waals surface area contributed by atoms with Gasteiger partial charge in [0.1, 0.15) is 11.1 Å². The number of thioether (sulfide) groups is 1. The van der Waals surface area contributed by atoms with Crippen molar-refractivity contribution in [3.8, 4) is 17.3 Å². The summed E-state index contributed by atoms with van der Waals surface area (Å²) in [5.74, 6) is 0.0742. The first-order chi connectivity index (χ1) is 15.4. The molecule has 0 fully saturated rings. The molecule has 2 aromatic carbocycles. The van der Waals surface area contributed by atoms with Crippen molar-refractivity contribution >= 4 is 44.9 Å². The number of nitrogens with zero attached hydrogens (tertiary/aromatic N) is 3. The molecule has 1 amide bonds. The van der Waals surface area contributed by atoms with Gasteiger partial charge in [0.2, 0.25) is 5.91 Å². The van der Waals surface area contributed by atoms with Crippen LogP contribution in [0.25, 0.3) is 22.0 Å². The lowest BCUT2D eigenvalue weighted by Gasteiger charge is -2.13. The molecule has 1 unspecified atom stereocenters. The summed E-state index contributed by atoms with van der Waals surface area (Å²) in [6, 6.07) is 20.2. The van der Waals surface area contributed by atoms with Gasteiger partial charge in [-0.2, -0.15) is 5.26 Å². The van der Waals surface area contributed by atoms with E-state index >= 15 is 0 Å². The van der Waals surface area contributed by atoms with Crippen LogP contribution in [-0.2, 0) is 4.79 Å². The molecule has 0 saturated carbocycles. The van der Waals surface area contributed by atoms with Crippen LogP contribution >= 0.6 is 23.1 Å². The van der Waals surface area contributed by atoms with E-state index < -0.39 is 5.25 Å². The summed E-state index contributed by atoms with van der Waals surface area (Å²) >= 11 is 2.69. The highest BCUT2D eigenvalue weighted by Crippen LogP contribution is 2.30. The summed E-state index contributed by atoms with van der Waals surface area (Å²) in [6.07, 6.45) is 0. The monoisotopic (exact) mass is 458 g/mol. The lowest BCUT2D eigenvalue weighted by molar-refractivity contribution is -0.115. The average molecular weight is 459 g/mol. The fourth-order valence-corrected chi connectivity index (χ4v) is 4.81. The number of fused-ring (bicyclic) bond motifs is 1. The number of nitrogens with one attached hydrogen (secondary N) is 1. The molecular formula is C25H22N4OS2. The largest absolute Gasteiger partial charge is 0.301 e. The van der Waals surface area contributed by atoms with Gasteiger partial charge in [-0.1, -0.05) is 62.0 Å². The number of anilines is 1. The molecule has 7 heteroatoms. The van der Waals surface area contributed by atoms with E-state index in [9.17, 15) is 10.1 Å². The predicted molar refractivity (Wildman–Crippen MR) is 132 cm³/mol. The number of aromatic nitrogens is 2. The van der Waals surface area contributed by atoms with Crippen LogP contribution in [0.2, 0.25) is 0 Å². The molecule has 4 aromatic rings. The molecule has 2 heterocycles. The highest BCUT2D eigenvalue weighted by Gasteiger charge is 2.20. The van der Waals surface area contributed by atoms with Crippen molar-refractivity contribution in [2.75, 3.05) is 5.32 Å². The van der Waals surface area contributed by atoms with Crippen molar-refractivity contribution in [2.45, 2.75) is 37.0 Å². The van der Waals surface area contributed by atoms with E-state index in [4.69, 9.17) is 0 Å². The number of amides is 1. The van der Waals surface area contributed by atoms with Gasteiger partial charge in [-0.15, -0.1) is 11.3 Å². The Hall–Kier alpha value is -3.21. The highest BCUT2D eigenvalue weighted by molar-refractivity contribution is 8.00. The Morgan fingerprint density at radius 3 is 2.59 bits per heavy atom. The smallest absolute Gasteiger partial charge is 0.239 e. The first kappa shape index (κ1) is 22.0. The minimum Gasteiger partial charge on any atom is -0.301 e. The minimum atomic E-state index is -0.426. The molecule has 5 nitrogen and oxygen atoms in total. The topological polar surface area (TPSA) is 78.7 Å². The van der Waals surface area contributed by atoms with Crippen molar-refractivity contribution in [3.05, 3.63) is 71.2 Å². The molecule has 2 aromatic heterocycles. The van der Waals surface area contributed by atoms with Gasteiger partial charge in [-0.05, 0) is 41.8 Å². The Labute approximate surface area is 195 Å². The lowest BCUT2D eigenvalue weighted by atomic mass is 10.1. The normalized spacial score (nSPS) is 12.0. The Morgan fingerprint density at radius 2 is 1.84 bits per heavy atom. The molecule has 1 atom stereocenters. The molecule has 32 heavy (non-hydrogen) atoms. The van der Waals surface area contributed by atoms with E-state index in [0.29, 0.717) is 15.7 Å². The van der Waals surface area contributed by atoms with E-state index in [0.717, 1.165) is 22.3 Å². The third-order valence-corrected chi connectivity index (χ3v) is 6.89. The van der Waals surface area contributed by atoms with Crippen molar-refractivity contribution in [1.82, 2.24) is 9.97 Å². The fraction of sp³-hybridized carbons (Fsp3) is 0.200. The maximum absolute atomic E-state index is 12.8. The maximum atomic E-state index is 12.8. The number of rotatable bonds is 6. The molecule has 1 N–H and O–H groups in total. The number of hydrogen-bond donors (Lipinski definition) is 1. The molecule has 0 radical (unpaired) electrons. The second-order valence-corrected chi connectivity index (χ2v) is 9.89. The van der Waals surface area contributed by atoms with Gasteiger partial charge in [0, 0.05) is 16.6 Å². The van der Waals surface area contributed by atoms with Crippen LogP contribution < -0.4 is 5.32 Å². The maximum Gasteiger partial charge on any atom is 0.239 e. The lowest BCUT2D eigenvalue weighted by Crippen LogP contribution is -2.22. The molecule has 0 bridgehead atoms. The number of benzene rings is 2. The zero-order valence-electron chi connectivity index (χ0n) is 18.0. The van der Waals surface area contributed by atoms with Crippen LogP contribution in [0.3, 0.4) is 0 Å². The number of thiazole rings is 1. The van der Waals surface area contributed by atoms with Gasteiger partial charge in [-0.25, -0.2) is 9.97 Å². The third kappa shape index (κ3) is 4.82. The van der Waals surface area contributed by atoms with Crippen molar-refractivity contribution in [3.63, 3.8) is 0 Å².